The van der Waals surface area contributed by atoms with E-state index in [0.717, 1.165) is 23.2 Å². The minimum atomic E-state index is -1.26. The lowest BCUT2D eigenvalue weighted by Gasteiger charge is -2.17. The summed E-state index contributed by atoms with van der Waals surface area (Å²) in [6.45, 7) is 0.728. The van der Waals surface area contributed by atoms with Crippen LogP contribution in [0.1, 0.15) is 21.5 Å². The molecule has 0 spiro atoms. The third-order valence-electron chi connectivity index (χ3n) is 4.51. The lowest BCUT2D eigenvalue weighted by Crippen LogP contribution is -2.12. The van der Waals surface area contributed by atoms with Gasteiger partial charge >= 0.3 is 11.9 Å². The maximum Gasteiger partial charge on any atom is 0.328 e. The second-order valence-corrected chi connectivity index (χ2v) is 7.84. The minimum Gasteiger partial charge on any atom is -0.478 e. The number of carbonyl (C=O) groups excluding carboxylic acids is 1. The molecule has 3 rings (SSSR count). The summed E-state index contributed by atoms with van der Waals surface area (Å²) in [4.78, 5) is 34.2. The number of carboxylic acids is 2. The van der Waals surface area contributed by atoms with E-state index in [1.54, 1.807) is 24.3 Å². The van der Waals surface area contributed by atoms with Gasteiger partial charge in [-0.25, -0.2) is 14.0 Å². The first-order chi connectivity index (χ1) is 16.1. The average molecular weight is 484 g/mol. The normalized spacial score (nSPS) is 10.6. The molecule has 0 saturated heterocycles. The highest BCUT2D eigenvalue weighted by Gasteiger charge is 2.19. The van der Waals surface area contributed by atoms with Crippen LogP contribution >= 0.6 is 11.6 Å². The lowest BCUT2D eigenvalue weighted by molar-refractivity contribution is -0.134. The van der Waals surface area contributed by atoms with Gasteiger partial charge in [-0.05, 0) is 55.1 Å². The van der Waals surface area contributed by atoms with E-state index >= 15 is 0 Å². The molecule has 2 N–H and O–H groups in total. The zero-order valence-electron chi connectivity index (χ0n) is 18.5. The summed E-state index contributed by atoms with van der Waals surface area (Å²) in [6, 6.07) is 19.1. The number of aliphatic carboxylic acids is 2. The fourth-order valence-electron chi connectivity index (χ4n) is 3.13. The predicted octanol–water partition coefficient (Wildman–Crippen LogP) is 5.15. The van der Waals surface area contributed by atoms with Crippen molar-refractivity contribution in [2.24, 2.45) is 0 Å². The Morgan fingerprint density at radius 2 is 1.44 bits per heavy atom. The van der Waals surface area contributed by atoms with Crippen molar-refractivity contribution in [1.29, 1.82) is 0 Å². The molecule has 0 aliphatic heterocycles. The van der Waals surface area contributed by atoms with Crippen LogP contribution in [-0.2, 0) is 16.1 Å². The Morgan fingerprint density at radius 1 is 0.853 bits per heavy atom. The predicted molar refractivity (Wildman–Crippen MR) is 129 cm³/mol. The van der Waals surface area contributed by atoms with Crippen molar-refractivity contribution in [3.63, 3.8) is 0 Å². The Bertz CT molecular complexity index is 1210. The van der Waals surface area contributed by atoms with Crippen molar-refractivity contribution < 1.29 is 29.0 Å². The summed E-state index contributed by atoms with van der Waals surface area (Å²) in [5.74, 6) is -3.43. The highest BCUT2D eigenvalue weighted by molar-refractivity contribution is 6.31. The van der Waals surface area contributed by atoms with Crippen molar-refractivity contribution in [2.75, 3.05) is 14.1 Å². The first-order valence-corrected chi connectivity index (χ1v) is 10.4. The second-order valence-electron chi connectivity index (χ2n) is 7.40. The third-order valence-corrected chi connectivity index (χ3v) is 4.74. The SMILES string of the molecule is CN(C)Cc1ccccc1-c1ccc(Cl)cc1C(=O)c1ccccc1F.O=C(O)C=CC(=O)O. The minimum absolute atomic E-state index is 0.0427. The van der Waals surface area contributed by atoms with E-state index in [-0.39, 0.29) is 11.3 Å². The van der Waals surface area contributed by atoms with Crippen molar-refractivity contribution in [2.45, 2.75) is 6.54 Å². The second kappa shape index (κ2) is 12.4. The Hall–Kier alpha value is -3.81. The summed E-state index contributed by atoms with van der Waals surface area (Å²) in [6.07, 6.45) is 1.12. The maximum atomic E-state index is 14.2. The first-order valence-electron chi connectivity index (χ1n) is 10.1. The lowest BCUT2D eigenvalue weighted by atomic mass is 9.91. The van der Waals surface area contributed by atoms with Gasteiger partial charge in [0.25, 0.3) is 0 Å². The summed E-state index contributed by atoms with van der Waals surface area (Å²) in [5, 5.41) is 16.1. The van der Waals surface area contributed by atoms with Crippen LogP contribution in [0.25, 0.3) is 11.1 Å². The summed E-state index contributed by atoms with van der Waals surface area (Å²) in [7, 11) is 3.98. The molecule has 176 valence electrons. The van der Waals surface area contributed by atoms with Crippen LogP contribution in [0.2, 0.25) is 5.02 Å². The van der Waals surface area contributed by atoms with Crippen LogP contribution in [-0.4, -0.2) is 46.9 Å². The quantitative estimate of drug-likeness (QED) is 0.356. The number of ketones is 1. The molecular weight excluding hydrogens is 461 g/mol. The fourth-order valence-corrected chi connectivity index (χ4v) is 3.31. The molecule has 3 aromatic rings. The molecule has 0 fully saturated rings. The van der Waals surface area contributed by atoms with Gasteiger partial charge in [0.2, 0.25) is 0 Å². The Labute approximate surface area is 201 Å². The van der Waals surface area contributed by atoms with Gasteiger partial charge in [-0.1, -0.05) is 54.1 Å². The first kappa shape index (κ1) is 26.4. The molecule has 34 heavy (non-hydrogen) atoms. The summed E-state index contributed by atoms with van der Waals surface area (Å²) < 4.78 is 14.2. The topological polar surface area (TPSA) is 94.9 Å². The number of benzene rings is 3. The number of carbonyl (C=O) groups is 3. The molecule has 6 nitrogen and oxygen atoms in total. The molecule has 0 unspecified atom stereocenters. The number of nitrogens with zero attached hydrogens (tertiary/aromatic N) is 1. The van der Waals surface area contributed by atoms with E-state index in [1.807, 2.05) is 44.4 Å². The standard InChI is InChI=1S/C22H19ClFNO.C4H4O4/c1-25(2)14-15-7-3-4-8-17(15)18-12-11-16(23)13-20(18)22(26)19-9-5-6-10-21(19)24;5-3(6)1-2-4(7)8/h3-13H,14H2,1-2H3;1-2H,(H,5,6)(H,7,8). The zero-order chi connectivity index (χ0) is 25.3. The number of halogens is 2. The van der Waals surface area contributed by atoms with E-state index in [9.17, 15) is 18.8 Å². The Morgan fingerprint density at radius 3 is 2.03 bits per heavy atom. The van der Waals surface area contributed by atoms with Crippen LogP contribution in [0.5, 0.6) is 0 Å². The van der Waals surface area contributed by atoms with Crippen LogP contribution in [0.4, 0.5) is 4.39 Å². The molecule has 0 atom stereocenters. The van der Waals surface area contributed by atoms with Gasteiger partial charge in [0, 0.05) is 29.3 Å². The van der Waals surface area contributed by atoms with Crippen LogP contribution in [0, 0.1) is 5.82 Å². The molecule has 3 aromatic carbocycles. The molecule has 0 aromatic heterocycles. The number of hydrogen-bond donors (Lipinski definition) is 2. The van der Waals surface area contributed by atoms with Crippen molar-refractivity contribution in [1.82, 2.24) is 4.90 Å². The molecule has 0 bridgehead atoms. The van der Waals surface area contributed by atoms with Gasteiger partial charge in [0.05, 0.1) is 5.56 Å². The number of hydrogen-bond acceptors (Lipinski definition) is 4. The van der Waals surface area contributed by atoms with E-state index in [0.29, 0.717) is 22.7 Å². The molecule has 0 amide bonds. The summed E-state index contributed by atoms with van der Waals surface area (Å²) >= 11 is 6.15. The molecule has 0 radical (unpaired) electrons. The Kier molecular flexibility index (Phi) is 9.67. The molecule has 8 heteroatoms. The Balaban J connectivity index is 0.000000440. The highest BCUT2D eigenvalue weighted by Crippen LogP contribution is 2.31. The molecule has 0 aliphatic carbocycles. The van der Waals surface area contributed by atoms with E-state index in [4.69, 9.17) is 21.8 Å². The van der Waals surface area contributed by atoms with Gasteiger partial charge in [-0.15, -0.1) is 0 Å². The molecule has 0 heterocycles. The van der Waals surface area contributed by atoms with Gasteiger partial charge in [-0.3, -0.25) is 4.79 Å². The van der Waals surface area contributed by atoms with E-state index < -0.39 is 17.8 Å². The largest absolute Gasteiger partial charge is 0.478 e. The van der Waals surface area contributed by atoms with Gasteiger partial charge < -0.3 is 15.1 Å². The van der Waals surface area contributed by atoms with Crippen molar-refractivity contribution in [3.8, 4) is 11.1 Å². The zero-order valence-corrected chi connectivity index (χ0v) is 19.3. The smallest absolute Gasteiger partial charge is 0.328 e. The summed E-state index contributed by atoms with van der Waals surface area (Å²) in [5.41, 5.74) is 3.22. The van der Waals surface area contributed by atoms with Gasteiger partial charge in [-0.2, -0.15) is 0 Å². The molecule has 0 saturated carbocycles. The maximum absolute atomic E-state index is 14.2. The van der Waals surface area contributed by atoms with Gasteiger partial charge in [0.15, 0.2) is 5.78 Å². The highest BCUT2D eigenvalue weighted by atomic mass is 35.5. The van der Waals surface area contributed by atoms with Crippen molar-refractivity contribution >= 4 is 29.3 Å². The van der Waals surface area contributed by atoms with E-state index in [1.165, 1.54) is 12.1 Å². The number of carboxylic acid groups (broad SMARTS) is 2. The third kappa shape index (κ3) is 7.65. The molecule has 0 aliphatic rings. The number of rotatable bonds is 7. The monoisotopic (exact) mass is 483 g/mol. The van der Waals surface area contributed by atoms with Gasteiger partial charge in [0.1, 0.15) is 5.82 Å². The van der Waals surface area contributed by atoms with Crippen LogP contribution < -0.4 is 0 Å². The fraction of sp³-hybridized carbons (Fsp3) is 0.115. The van der Waals surface area contributed by atoms with Crippen LogP contribution in [0.3, 0.4) is 0 Å². The van der Waals surface area contributed by atoms with Crippen molar-refractivity contribution in [3.05, 3.63) is 106 Å². The average Bonchev–Trinajstić information content (AvgIpc) is 2.78. The van der Waals surface area contributed by atoms with Crippen LogP contribution in [0.15, 0.2) is 78.9 Å². The molecular formula is C26H23ClFNO5. The van der Waals surface area contributed by atoms with E-state index in [2.05, 4.69) is 4.90 Å².